The molecule has 0 unspecified atom stereocenters. The van der Waals surface area contributed by atoms with E-state index in [1.54, 1.807) is 0 Å². The molecule has 2 aromatic rings. The number of rotatable bonds is 6. The minimum atomic E-state index is 0.161. The number of aryl methyl sites for hydroxylation is 1. The van der Waals surface area contributed by atoms with E-state index in [1.807, 2.05) is 0 Å². The van der Waals surface area contributed by atoms with Gasteiger partial charge in [-0.15, -0.1) is 0 Å². The molecular formula is C17H24N2. The second kappa shape index (κ2) is 6.07. The fourth-order valence-electron chi connectivity index (χ4n) is 2.30. The molecule has 1 heterocycles. The highest BCUT2D eigenvalue weighted by Crippen LogP contribution is 2.21. The second-order valence-electron chi connectivity index (χ2n) is 5.70. The molecule has 0 saturated carbocycles. The quantitative estimate of drug-likeness (QED) is 0.836. The van der Waals surface area contributed by atoms with Crippen LogP contribution >= 0.6 is 0 Å². The first kappa shape index (κ1) is 13.9. The lowest BCUT2D eigenvalue weighted by atomic mass is 9.84. The first-order valence-electron chi connectivity index (χ1n) is 7.03. The van der Waals surface area contributed by atoms with E-state index in [2.05, 4.69) is 79.4 Å². The summed E-state index contributed by atoms with van der Waals surface area (Å²) in [6.45, 7) is 9.68. The van der Waals surface area contributed by atoms with Gasteiger partial charge in [-0.3, -0.25) is 0 Å². The van der Waals surface area contributed by atoms with Crippen molar-refractivity contribution in [1.82, 2.24) is 9.88 Å². The molecule has 1 aromatic heterocycles. The third-order valence-corrected chi connectivity index (χ3v) is 3.63. The van der Waals surface area contributed by atoms with E-state index in [0.717, 1.165) is 19.6 Å². The first-order chi connectivity index (χ1) is 9.12. The Morgan fingerprint density at radius 3 is 2.47 bits per heavy atom. The van der Waals surface area contributed by atoms with Gasteiger partial charge in [0, 0.05) is 37.4 Å². The summed E-state index contributed by atoms with van der Waals surface area (Å²) in [5.74, 6) is 0. The zero-order valence-electron chi connectivity index (χ0n) is 12.2. The van der Waals surface area contributed by atoms with E-state index in [1.165, 1.54) is 11.1 Å². The summed E-state index contributed by atoms with van der Waals surface area (Å²) in [5.41, 5.74) is 2.90. The molecule has 0 atom stereocenters. The van der Waals surface area contributed by atoms with Crippen molar-refractivity contribution in [2.24, 2.45) is 0 Å². The normalized spacial score (nSPS) is 11.7. The lowest BCUT2D eigenvalue weighted by Gasteiger charge is -2.25. The van der Waals surface area contributed by atoms with E-state index in [0.29, 0.717) is 0 Å². The highest BCUT2D eigenvalue weighted by atomic mass is 14.9. The van der Waals surface area contributed by atoms with Crippen LogP contribution in [0.15, 0.2) is 48.8 Å². The number of benzene rings is 1. The zero-order chi connectivity index (χ0) is 13.7. The van der Waals surface area contributed by atoms with Crippen LogP contribution in [0.4, 0.5) is 0 Å². The van der Waals surface area contributed by atoms with Crippen molar-refractivity contribution in [3.63, 3.8) is 0 Å². The lowest BCUT2D eigenvalue weighted by molar-refractivity contribution is 0.469. The van der Waals surface area contributed by atoms with Crippen molar-refractivity contribution in [2.75, 3.05) is 6.54 Å². The molecule has 0 radical (unpaired) electrons. The topological polar surface area (TPSA) is 17.0 Å². The van der Waals surface area contributed by atoms with Gasteiger partial charge in [0.1, 0.15) is 0 Å². The smallest absolute Gasteiger partial charge is 0.0220 e. The average molecular weight is 256 g/mol. The van der Waals surface area contributed by atoms with Crippen LogP contribution < -0.4 is 5.32 Å². The summed E-state index contributed by atoms with van der Waals surface area (Å²) < 4.78 is 2.21. The molecule has 0 aliphatic rings. The summed E-state index contributed by atoms with van der Waals surface area (Å²) in [7, 11) is 0. The molecule has 19 heavy (non-hydrogen) atoms. The fraction of sp³-hybridized carbons (Fsp3) is 0.412. The van der Waals surface area contributed by atoms with Gasteiger partial charge in [0.05, 0.1) is 0 Å². The first-order valence-corrected chi connectivity index (χ1v) is 7.03. The van der Waals surface area contributed by atoms with Gasteiger partial charge in [-0.1, -0.05) is 44.2 Å². The molecule has 2 heteroatoms. The SMILES string of the molecule is CCn1ccc(CNCC(C)(C)c2ccccc2)c1. The fourth-order valence-corrected chi connectivity index (χ4v) is 2.30. The van der Waals surface area contributed by atoms with Crippen LogP contribution in [-0.2, 0) is 18.5 Å². The highest BCUT2D eigenvalue weighted by molar-refractivity contribution is 5.24. The molecule has 2 rings (SSSR count). The molecule has 0 spiro atoms. The Hall–Kier alpha value is -1.54. The Kier molecular flexibility index (Phi) is 4.43. The molecule has 1 N–H and O–H groups in total. The Labute approximate surface area is 116 Å². The van der Waals surface area contributed by atoms with Crippen LogP contribution in [0, 0.1) is 0 Å². The van der Waals surface area contributed by atoms with Crippen LogP contribution in [0.2, 0.25) is 0 Å². The Bertz CT molecular complexity index is 497. The Balaban J connectivity index is 1.88. The summed E-state index contributed by atoms with van der Waals surface area (Å²) in [6.07, 6.45) is 4.35. The van der Waals surface area contributed by atoms with E-state index >= 15 is 0 Å². The van der Waals surface area contributed by atoms with Gasteiger partial charge in [0.25, 0.3) is 0 Å². The monoisotopic (exact) mass is 256 g/mol. The number of nitrogens with one attached hydrogen (secondary N) is 1. The molecule has 0 saturated heterocycles. The molecule has 0 aliphatic heterocycles. The zero-order valence-corrected chi connectivity index (χ0v) is 12.2. The van der Waals surface area contributed by atoms with Crippen LogP contribution in [0.3, 0.4) is 0 Å². The lowest BCUT2D eigenvalue weighted by Crippen LogP contribution is -2.32. The van der Waals surface area contributed by atoms with Crippen LogP contribution in [-0.4, -0.2) is 11.1 Å². The third kappa shape index (κ3) is 3.71. The van der Waals surface area contributed by atoms with Gasteiger partial charge in [0.2, 0.25) is 0 Å². The second-order valence-corrected chi connectivity index (χ2v) is 5.70. The van der Waals surface area contributed by atoms with Gasteiger partial charge in [-0.25, -0.2) is 0 Å². The summed E-state index contributed by atoms with van der Waals surface area (Å²) in [4.78, 5) is 0. The van der Waals surface area contributed by atoms with Crippen LogP contribution in [0.1, 0.15) is 31.9 Å². The minimum Gasteiger partial charge on any atom is -0.354 e. The van der Waals surface area contributed by atoms with Crippen molar-refractivity contribution in [1.29, 1.82) is 0 Å². The summed E-state index contributed by atoms with van der Waals surface area (Å²) in [5, 5.41) is 3.56. The van der Waals surface area contributed by atoms with Crippen molar-refractivity contribution < 1.29 is 0 Å². The summed E-state index contributed by atoms with van der Waals surface area (Å²) in [6, 6.07) is 12.9. The standard InChI is InChI=1S/C17H24N2/c1-4-19-11-10-15(13-19)12-18-14-17(2,3)16-8-6-5-7-9-16/h5-11,13,18H,4,12,14H2,1-3H3. The van der Waals surface area contributed by atoms with E-state index in [4.69, 9.17) is 0 Å². The van der Waals surface area contributed by atoms with Crippen molar-refractivity contribution in [3.8, 4) is 0 Å². The Morgan fingerprint density at radius 2 is 1.84 bits per heavy atom. The molecular weight excluding hydrogens is 232 g/mol. The van der Waals surface area contributed by atoms with Crippen molar-refractivity contribution in [3.05, 3.63) is 59.9 Å². The highest BCUT2D eigenvalue weighted by Gasteiger charge is 2.19. The molecule has 1 aromatic carbocycles. The van der Waals surface area contributed by atoms with Gasteiger partial charge >= 0.3 is 0 Å². The number of hydrogen-bond donors (Lipinski definition) is 1. The predicted octanol–water partition coefficient (Wildman–Crippen LogP) is 3.58. The van der Waals surface area contributed by atoms with Gasteiger partial charge in [-0.2, -0.15) is 0 Å². The molecule has 0 bridgehead atoms. The molecule has 102 valence electrons. The van der Waals surface area contributed by atoms with E-state index < -0.39 is 0 Å². The molecule has 0 aliphatic carbocycles. The van der Waals surface area contributed by atoms with E-state index in [9.17, 15) is 0 Å². The van der Waals surface area contributed by atoms with Gasteiger partial charge < -0.3 is 9.88 Å². The van der Waals surface area contributed by atoms with Crippen molar-refractivity contribution >= 4 is 0 Å². The number of nitrogens with zero attached hydrogens (tertiary/aromatic N) is 1. The van der Waals surface area contributed by atoms with E-state index in [-0.39, 0.29) is 5.41 Å². The van der Waals surface area contributed by atoms with Gasteiger partial charge in [-0.05, 0) is 24.1 Å². The maximum Gasteiger partial charge on any atom is 0.0220 e. The maximum absolute atomic E-state index is 3.56. The molecule has 2 nitrogen and oxygen atoms in total. The molecule has 0 amide bonds. The van der Waals surface area contributed by atoms with Crippen LogP contribution in [0.5, 0.6) is 0 Å². The number of hydrogen-bond acceptors (Lipinski definition) is 1. The largest absolute Gasteiger partial charge is 0.354 e. The van der Waals surface area contributed by atoms with Crippen LogP contribution in [0.25, 0.3) is 0 Å². The average Bonchev–Trinajstić information content (AvgIpc) is 2.87. The molecule has 0 fully saturated rings. The number of aromatic nitrogens is 1. The predicted molar refractivity (Wildman–Crippen MR) is 81.3 cm³/mol. The maximum atomic E-state index is 3.56. The van der Waals surface area contributed by atoms with Crippen molar-refractivity contribution in [2.45, 2.75) is 39.3 Å². The van der Waals surface area contributed by atoms with Gasteiger partial charge in [0.15, 0.2) is 0 Å². The third-order valence-electron chi connectivity index (χ3n) is 3.63. The Morgan fingerprint density at radius 1 is 1.11 bits per heavy atom. The minimum absolute atomic E-state index is 0.161. The summed E-state index contributed by atoms with van der Waals surface area (Å²) >= 11 is 0.